The number of nitrogens with zero attached hydrogens (tertiary/aromatic N) is 2. The zero-order chi connectivity index (χ0) is 15.6. The monoisotopic (exact) mass is 360 g/mol. The smallest absolute Gasteiger partial charge is 0.260 e. The van der Waals surface area contributed by atoms with Crippen molar-refractivity contribution in [3.63, 3.8) is 0 Å². The van der Waals surface area contributed by atoms with Gasteiger partial charge in [-0.2, -0.15) is 0 Å². The van der Waals surface area contributed by atoms with E-state index < -0.39 is 23.1 Å². The van der Waals surface area contributed by atoms with Crippen LogP contribution in [0.2, 0.25) is 0 Å². The number of hydrogen-bond donors (Lipinski definition) is 0. The van der Waals surface area contributed by atoms with E-state index >= 15 is 0 Å². The number of amides is 1. The Kier molecular flexibility index (Phi) is 5.32. The van der Waals surface area contributed by atoms with E-state index in [-0.39, 0.29) is 10.5 Å². The Bertz CT molecular complexity index is 515. The molecular formula is C15H19BrF2N2O. The molecule has 1 aliphatic rings. The van der Waals surface area contributed by atoms with Crippen LogP contribution in [0.15, 0.2) is 16.6 Å². The largest absolute Gasteiger partial charge is 0.334 e. The quantitative estimate of drug-likeness (QED) is 0.807. The number of carbonyl (C=O) groups excluding carboxylic acids is 1. The van der Waals surface area contributed by atoms with E-state index in [1.807, 2.05) is 14.0 Å². The molecule has 0 bridgehead atoms. The lowest BCUT2D eigenvalue weighted by Crippen LogP contribution is -2.44. The molecular weight excluding hydrogens is 342 g/mol. The minimum atomic E-state index is -0.820. The van der Waals surface area contributed by atoms with Crippen molar-refractivity contribution in [3.8, 4) is 0 Å². The Morgan fingerprint density at radius 3 is 2.52 bits per heavy atom. The van der Waals surface area contributed by atoms with Gasteiger partial charge < -0.3 is 9.80 Å². The Morgan fingerprint density at radius 1 is 1.33 bits per heavy atom. The summed E-state index contributed by atoms with van der Waals surface area (Å²) in [6, 6.07) is 2.23. The predicted molar refractivity (Wildman–Crippen MR) is 81.3 cm³/mol. The van der Waals surface area contributed by atoms with Gasteiger partial charge in [0.1, 0.15) is 17.2 Å². The summed E-state index contributed by atoms with van der Waals surface area (Å²) in [4.78, 5) is 16.4. The van der Waals surface area contributed by atoms with Gasteiger partial charge in [-0.3, -0.25) is 4.79 Å². The highest BCUT2D eigenvalue weighted by molar-refractivity contribution is 9.10. The fourth-order valence-electron chi connectivity index (χ4n) is 2.75. The van der Waals surface area contributed by atoms with Crippen LogP contribution in [0.4, 0.5) is 8.78 Å². The van der Waals surface area contributed by atoms with Crippen molar-refractivity contribution in [2.45, 2.75) is 25.8 Å². The highest BCUT2D eigenvalue weighted by Crippen LogP contribution is 2.23. The van der Waals surface area contributed by atoms with E-state index in [0.717, 1.165) is 38.1 Å². The molecule has 1 aromatic carbocycles. The third-order valence-electron chi connectivity index (χ3n) is 3.85. The van der Waals surface area contributed by atoms with Gasteiger partial charge in [-0.15, -0.1) is 0 Å². The van der Waals surface area contributed by atoms with E-state index in [0.29, 0.717) is 6.54 Å². The number of carbonyl (C=O) groups is 1. The van der Waals surface area contributed by atoms with Crippen molar-refractivity contribution in [1.29, 1.82) is 0 Å². The van der Waals surface area contributed by atoms with Crippen LogP contribution in [0.25, 0.3) is 0 Å². The minimum absolute atomic E-state index is 0.0209. The van der Waals surface area contributed by atoms with Gasteiger partial charge in [-0.1, -0.05) is 22.9 Å². The first-order valence-corrected chi connectivity index (χ1v) is 7.87. The van der Waals surface area contributed by atoms with Crippen molar-refractivity contribution < 1.29 is 13.6 Å². The standard InChI is InChI=1S/C15H19BrF2N2O/c1-3-11-9-19(2)5-4-6-20(11)15(21)14-12(17)7-10(16)8-13(14)18/h7-8,11H,3-6,9H2,1-2H3. The van der Waals surface area contributed by atoms with Crippen LogP contribution in [-0.4, -0.2) is 48.4 Å². The molecule has 1 amide bonds. The SMILES string of the molecule is CCC1CN(C)CCCN1C(=O)c1c(F)cc(Br)cc1F. The lowest BCUT2D eigenvalue weighted by molar-refractivity contribution is 0.0665. The van der Waals surface area contributed by atoms with E-state index in [1.54, 1.807) is 4.90 Å². The fraction of sp³-hybridized carbons (Fsp3) is 0.533. The zero-order valence-electron chi connectivity index (χ0n) is 12.2. The highest BCUT2D eigenvalue weighted by atomic mass is 79.9. The molecule has 1 atom stereocenters. The molecule has 0 radical (unpaired) electrons. The summed E-state index contributed by atoms with van der Waals surface area (Å²) in [7, 11) is 2.00. The van der Waals surface area contributed by atoms with Gasteiger partial charge in [0.15, 0.2) is 0 Å². The number of rotatable bonds is 2. The van der Waals surface area contributed by atoms with Gasteiger partial charge in [0, 0.05) is 23.6 Å². The highest BCUT2D eigenvalue weighted by Gasteiger charge is 2.30. The maximum Gasteiger partial charge on any atom is 0.260 e. The maximum atomic E-state index is 14.0. The molecule has 21 heavy (non-hydrogen) atoms. The average Bonchev–Trinajstić information content (AvgIpc) is 2.58. The van der Waals surface area contributed by atoms with Gasteiger partial charge >= 0.3 is 0 Å². The van der Waals surface area contributed by atoms with Crippen LogP contribution in [0, 0.1) is 11.6 Å². The molecule has 3 nitrogen and oxygen atoms in total. The second-order valence-electron chi connectivity index (χ2n) is 5.42. The van der Waals surface area contributed by atoms with Crippen LogP contribution in [0.3, 0.4) is 0 Å². The van der Waals surface area contributed by atoms with Crippen LogP contribution < -0.4 is 0 Å². The molecule has 0 N–H and O–H groups in total. The van der Waals surface area contributed by atoms with Crippen molar-refractivity contribution in [2.24, 2.45) is 0 Å². The summed E-state index contributed by atoms with van der Waals surface area (Å²) in [5.41, 5.74) is -0.457. The predicted octanol–water partition coefficient (Wildman–Crippen LogP) is 3.28. The number of hydrogen-bond acceptors (Lipinski definition) is 2. The summed E-state index contributed by atoms with van der Waals surface area (Å²) in [6.45, 7) is 4.11. The third kappa shape index (κ3) is 3.61. The van der Waals surface area contributed by atoms with Gasteiger partial charge in [0.25, 0.3) is 5.91 Å². The molecule has 1 saturated heterocycles. The van der Waals surface area contributed by atoms with Crippen molar-refractivity contribution >= 4 is 21.8 Å². The molecule has 1 aliphatic heterocycles. The topological polar surface area (TPSA) is 23.6 Å². The molecule has 0 aliphatic carbocycles. The normalized spacial score (nSPS) is 20.4. The van der Waals surface area contributed by atoms with Crippen molar-refractivity contribution in [3.05, 3.63) is 33.8 Å². The summed E-state index contributed by atoms with van der Waals surface area (Å²) >= 11 is 3.03. The van der Waals surface area contributed by atoms with E-state index in [2.05, 4.69) is 20.8 Å². The number of benzene rings is 1. The summed E-state index contributed by atoms with van der Waals surface area (Å²) in [5.74, 6) is -2.20. The molecule has 6 heteroatoms. The Labute approximate surface area is 132 Å². The Balaban J connectivity index is 2.33. The maximum absolute atomic E-state index is 14.0. The molecule has 1 fully saturated rings. The van der Waals surface area contributed by atoms with Gasteiger partial charge in [-0.25, -0.2) is 8.78 Å². The van der Waals surface area contributed by atoms with E-state index in [4.69, 9.17) is 0 Å². The molecule has 2 rings (SSSR count). The van der Waals surface area contributed by atoms with E-state index in [1.165, 1.54) is 0 Å². The van der Waals surface area contributed by atoms with E-state index in [9.17, 15) is 13.6 Å². The first-order valence-electron chi connectivity index (χ1n) is 7.08. The minimum Gasteiger partial charge on any atom is -0.334 e. The Morgan fingerprint density at radius 2 is 1.95 bits per heavy atom. The summed E-state index contributed by atoms with van der Waals surface area (Å²) < 4.78 is 28.3. The van der Waals surface area contributed by atoms with Crippen LogP contribution in [0.1, 0.15) is 30.1 Å². The van der Waals surface area contributed by atoms with Gasteiger partial charge in [0.2, 0.25) is 0 Å². The van der Waals surface area contributed by atoms with Crippen molar-refractivity contribution in [1.82, 2.24) is 9.80 Å². The fourth-order valence-corrected chi connectivity index (χ4v) is 3.15. The first kappa shape index (κ1) is 16.4. The number of halogens is 3. The lowest BCUT2D eigenvalue weighted by atomic mass is 10.1. The van der Waals surface area contributed by atoms with Crippen LogP contribution >= 0.6 is 15.9 Å². The summed E-state index contributed by atoms with van der Waals surface area (Å²) in [6.07, 6.45) is 1.56. The zero-order valence-corrected chi connectivity index (χ0v) is 13.8. The molecule has 116 valence electrons. The molecule has 0 aromatic heterocycles. The van der Waals surface area contributed by atoms with Crippen LogP contribution in [0.5, 0.6) is 0 Å². The molecule has 1 unspecified atom stereocenters. The van der Waals surface area contributed by atoms with Crippen molar-refractivity contribution in [2.75, 3.05) is 26.7 Å². The second kappa shape index (κ2) is 6.83. The molecule has 1 heterocycles. The van der Waals surface area contributed by atoms with Gasteiger partial charge in [-0.05, 0) is 38.6 Å². The summed E-state index contributed by atoms with van der Waals surface area (Å²) in [5, 5.41) is 0. The third-order valence-corrected chi connectivity index (χ3v) is 4.31. The first-order chi connectivity index (χ1) is 9.93. The Hall–Kier alpha value is -1.01. The molecule has 0 saturated carbocycles. The average molecular weight is 361 g/mol. The van der Waals surface area contributed by atoms with Gasteiger partial charge in [0.05, 0.1) is 0 Å². The second-order valence-corrected chi connectivity index (χ2v) is 6.34. The van der Waals surface area contributed by atoms with Crippen LogP contribution in [-0.2, 0) is 0 Å². The lowest BCUT2D eigenvalue weighted by Gasteiger charge is -2.30. The molecule has 1 aromatic rings. The molecule has 0 spiro atoms. The number of likely N-dealkylation sites (N-methyl/N-ethyl adjacent to an activating group) is 1.